The molecule has 0 radical (unpaired) electrons. The van der Waals surface area contributed by atoms with Crippen molar-refractivity contribution in [3.63, 3.8) is 0 Å². The molecule has 0 unspecified atom stereocenters. The van der Waals surface area contributed by atoms with Crippen molar-refractivity contribution in [2.45, 2.75) is 19.8 Å². The van der Waals surface area contributed by atoms with Crippen LogP contribution in [0.5, 0.6) is 0 Å². The van der Waals surface area contributed by atoms with E-state index in [1.165, 1.54) is 0 Å². The first-order valence-electron chi connectivity index (χ1n) is 6.74. The van der Waals surface area contributed by atoms with E-state index in [1.807, 2.05) is 0 Å². The summed E-state index contributed by atoms with van der Waals surface area (Å²) in [7, 11) is 0. The Bertz CT molecular complexity index is 604. The second-order valence-corrected chi connectivity index (χ2v) is 5.05. The summed E-state index contributed by atoms with van der Waals surface area (Å²) < 4.78 is 41.2. The number of carbonyl (C=O) groups excluding carboxylic acids is 2. The molecule has 0 aromatic heterocycles. The molecule has 0 spiro atoms. The zero-order valence-corrected chi connectivity index (χ0v) is 13.0. The Kier molecular flexibility index (Phi) is 7.09. The summed E-state index contributed by atoms with van der Waals surface area (Å²) in [5, 5.41) is -0.418. The van der Waals surface area contributed by atoms with Crippen molar-refractivity contribution in [1.29, 1.82) is 0 Å². The van der Waals surface area contributed by atoms with Gasteiger partial charge in [-0.25, -0.2) is 18.0 Å². The van der Waals surface area contributed by atoms with E-state index in [-0.39, 0.29) is 18.1 Å². The number of rotatable bonds is 4. The van der Waals surface area contributed by atoms with Crippen molar-refractivity contribution >= 4 is 23.9 Å². The highest BCUT2D eigenvalue weighted by molar-refractivity contribution is 6.30. The van der Waals surface area contributed by atoms with Crippen molar-refractivity contribution in [1.82, 2.24) is 0 Å². The molecule has 0 amide bonds. The van der Waals surface area contributed by atoms with E-state index in [2.05, 4.69) is 4.74 Å². The third kappa shape index (κ3) is 5.28. The van der Waals surface area contributed by atoms with Gasteiger partial charge in [0.15, 0.2) is 23.7 Å². The van der Waals surface area contributed by atoms with Crippen LogP contribution >= 0.6 is 11.6 Å². The summed E-state index contributed by atoms with van der Waals surface area (Å²) in [4.78, 5) is 21.7. The minimum absolute atomic E-state index is 0.00986. The molecular formula is C15H15ClF3NO3. The number of hydrogen-bond acceptors (Lipinski definition) is 4. The number of halogens is 4. The molecule has 126 valence electrons. The van der Waals surface area contributed by atoms with Crippen LogP contribution in [0.1, 0.15) is 19.8 Å². The average molecular weight is 350 g/mol. The lowest BCUT2D eigenvalue weighted by Gasteiger charge is -2.04. The predicted octanol–water partition coefficient (Wildman–Crippen LogP) is 3.13. The molecule has 2 N–H and O–H groups in total. The third-order valence-corrected chi connectivity index (χ3v) is 3.22. The molecule has 4 nitrogen and oxygen atoms in total. The maximum Gasteiger partial charge on any atom is 0.343 e. The molecule has 0 bridgehead atoms. The van der Waals surface area contributed by atoms with Crippen LogP contribution in [-0.2, 0) is 14.3 Å². The van der Waals surface area contributed by atoms with Crippen LogP contribution in [0.25, 0.3) is 0 Å². The van der Waals surface area contributed by atoms with Crippen molar-refractivity contribution in [3.05, 3.63) is 45.9 Å². The monoisotopic (exact) mass is 349 g/mol. The van der Waals surface area contributed by atoms with Gasteiger partial charge < -0.3 is 10.5 Å². The largest absolute Gasteiger partial charge is 0.462 e. The molecule has 23 heavy (non-hydrogen) atoms. The highest BCUT2D eigenvalue weighted by atomic mass is 35.5. The Labute approximate surface area is 136 Å². The Morgan fingerprint density at radius 2 is 1.96 bits per heavy atom. The van der Waals surface area contributed by atoms with Gasteiger partial charge in [0.2, 0.25) is 0 Å². The molecule has 0 aliphatic heterocycles. The Balaban J connectivity index is 0.000000238. The first kappa shape index (κ1) is 19.0. The van der Waals surface area contributed by atoms with Crippen molar-refractivity contribution in [2.24, 2.45) is 11.7 Å². The zero-order chi connectivity index (χ0) is 17.6. The first-order chi connectivity index (χ1) is 10.8. The molecule has 0 atom stereocenters. The summed E-state index contributed by atoms with van der Waals surface area (Å²) in [6.45, 7) is 1.95. The van der Waals surface area contributed by atoms with E-state index in [9.17, 15) is 22.8 Å². The van der Waals surface area contributed by atoms with Gasteiger partial charge in [0.05, 0.1) is 11.6 Å². The number of aldehydes is 1. The number of hydrogen-bond donors (Lipinski definition) is 1. The molecule has 1 aromatic carbocycles. The van der Waals surface area contributed by atoms with Crippen molar-refractivity contribution < 1.29 is 27.5 Å². The minimum Gasteiger partial charge on any atom is -0.462 e. The van der Waals surface area contributed by atoms with Crippen LogP contribution in [0.15, 0.2) is 23.4 Å². The summed E-state index contributed by atoms with van der Waals surface area (Å²) in [6.07, 6.45) is 2.40. The summed E-state index contributed by atoms with van der Waals surface area (Å²) in [6, 6.07) is 1.72. The number of ether oxygens (including phenoxy) is 1. The van der Waals surface area contributed by atoms with E-state index >= 15 is 0 Å². The molecule has 1 aromatic rings. The quantitative estimate of drug-likeness (QED) is 0.172. The van der Waals surface area contributed by atoms with E-state index < -0.39 is 28.4 Å². The molecule has 0 heterocycles. The van der Waals surface area contributed by atoms with E-state index in [0.717, 1.165) is 25.0 Å². The summed E-state index contributed by atoms with van der Waals surface area (Å²) in [5.74, 6) is -4.51. The molecule has 0 saturated heterocycles. The lowest BCUT2D eigenvalue weighted by Crippen LogP contribution is -2.16. The first-order valence-corrected chi connectivity index (χ1v) is 7.12. The van der Waals surface area contributed by atoms with Gasteiger partial charge in [0, 0.05) is 5.70 Å². The van der Waals surface area contributed by atoms with Crippen molar-refractivity contribution in [2.75, 3.05) is 6.61 Å². The lowest BCUT2D eigenvalue weighted by atomic mass is 10.1. The standard InChI is InChI=1S/C9H13NO3.C6H2ClF3/c1-2-13-9(12)7(5-11)8(10)6-3-4-6;7-3-1-2-4(8)6(10)5(3)9/h5-6H,2-4,10H2,1H3;1-2H. The smallest absolute Gasteiger partial charge is 0.343 e. The zero-order valence-electron chi connectivity index (χ0n) is 12.2. The molecule has 1 saturated carbocycles. The predicted molar refractivity (Wildman–Crippen MR) is 78.0 cm³/mol. The van der Waals surface area contributed by atoms with Gasteiger partial charge in [-0.2, -0.15) is 0 Å². The fraction of sp³-hybridized carbons (Fsp3) is 0.333. The Morgan fingerprint density at radius 1 is 1.35 bits per heavy atom. The molecular weight excluding hydrogens is 335 g/mol. The fourth-order valence-electron chi connectivity index (χ4n) is 1.56. The van der Waals surface area contributed by atoms with Crippen molar-refractivity contribution in [3.8, 4) is 0 Å². The van der Waals surface area contributed by atoms with Crippen LogP contribution in [0.3, 0.4) is 0 Å². The molecule has 1 fully saturated rings. The third-order valence-electron chi connectivity index (χ3n) is 2.93. The van der Waals surface area contributed by atoms with Gasteiger partial charge >= 0.3 is 5.97 Å². The normalized spacial score (nSPS) is 14.3. The summed E-state index contributed by atoms with van der Waals surface area (Å²) in [5.41, 5.74) is 5.99. The van der Waals surface area contributed by atoms with Crippen LogP contribution in [0.4, 0.5) is 13.2 Å². The van der Waals surface area contributed by atoms with Crippen LogP contribution in [-0.4, -0.2) is 18.9 Å². The second-order valence-electron chi connectivity index (χ2n) is 4.64. The van der Waals surface area contributed by atoms with Gasteiger partial charge in [-0.15, -0.1) is 0 Å². The summed E-state index contributed by atoms with van der Waals surface area (Å²) >= 11 is 5.10. The van der Waals surface area contributed by atoms with Gasteiger partial charge in [0.25, 0.3) is 0 Å². The second kappa shape index (κ2) is 8.57. The highest BCUT2D eigenvalue weighted by Crippen LogP contribution is 2.35. The topological polar surface area (TPSA) is 69.4 Å². The molecule has 1 aliphatic rings. The van der Waals surface area contributed by atoms with Gasteiger partial charge in [0.1, 0.15) is 5.57 Å². The number of carbonyl (C=O) groups is 2. The number of benzene rings is 1. The average Bonchev–Trinajstić information content (AvgIpc) is 3.35. The molecule has 8 heteroatoms. The molecule has 2 rings (SSSR count). The lowest BCUT2D eigenvalue weighted by molar-refractivity contribution is -0.139. The maximum atomic E-state index is 12.2. The van der Waals surface area contributed by atoms with E-state index in [4.69, 9.17) is 17.3 Å². The van der Waals surface area contributed by atoms with Gasteiger partial charge in [-0.05, 0) is 37.8 Å². The van der Waals surface area contributed by atoms with Gasteiger partial charge in [-0.1, -0.05) is 11.6 Å². The maximum absolute atomic E-state index is 12.2. The number of nitrogens with two attached hydrogens (primary N) is 1. The highest BCUT2D eigenvalue weighted by Gasteiger charge is 2.29. The fourth-order valence-corrected chi connectivity index (χ4v) is 1.71. The van der Waals surface area contributed by atoms with E-state index in [1.54, 1.807) is 6.92 Å². The minimum atomic E-state index is -1.53. The number of esters is 1. The van der Waals surface area contributed by atoms with Crippen LogP contribution in [0.2, 0.25) is 5.02 Å². The van der Waals surface area contributed by atoms with Gasteiger partial charge in [-0.3, -0.25) is 4.79 Å². The number of allylic oxidation sites excluding steroid dienone is 1. The van der Waals surface area contributed by atoms with Crippen LogP contribution in [0, 0.1) is 23.4 Å². The Morgan fingerprint density at radius 3 is 2.39 bits per heavy atom. The molecule has 1 aliphatic carbocycles. The Hall–Kier alpha value is -2.02. The SMILES string of the molecule is CCOC(=O)C(C=O)=C(N)C1CC1.Fc1ccc(Cl)c(F)c1F. The van der Waals surface area contributed by atoms with E-state index in [0.29, 0.717) is 12.0 Å². The van der Waals surface area contributed by atoms with Crippen LogP contribution < -0.4 is 5.73 Å².